The van der Waals surface area contributed by atoms with Crippen molar-refractivity contribution in [3.63, 3.8) is 0 Å². The highest BCUT2D eigenvalue weighted by molar-refractivity contribution is 7.99. The first-order chi connectivity index (χ1) is 10.3. The number of carboxylic acids is 2. The van der Waals surface area contributed by atoms with Gasteiger partial charge in [0.25, 0.3) is 0 Å². The summed E-state index contributed by atoms with van der Waals surface area (Å²) in [5.41, 5.74) is 2.53. The third kappa shape index (κ3) is 3.83. The minimum Gasteiger partial charge on any atom is -0.481 e. The molecule has 1 aromatic rings. The molecule has 0 spiro atoms. The van der Waals surface area contributed by atoms with E-state index < -0.39 is 23.8 Å². The quantitative estimate of drug-likeness (QED) is 0.752. The van der Waals surface area contributed by atoms with Crippen LogP contribution in [-0.4, -0.2) is 27.9 Å². The molecule has 3 unspecified atom stereocenters. The van der Waals surface area contributed by atoms with Crippen LogP contribution in [0.5, 0.6) is 0 Å². The van der Waals surface area contributed by atoms with Crippen LogP contribution in [0.25, 0.3) is 0 Å². The van der Waals surface area contributed by atoms with E-state index in [1.54, 1.807) is 11.8 Å². The SMILES string of the molecule is Cc1ccc(SCC(C)CC2C(C(=O)O)C2C(=O)O)cc1C. The zero-order chi connectivity index (χ0) is 16.4. The second-order valence-electron chi connectivity index (χ2n) is 6.29. The van der Waals surface area contributed by atoms with Gasteiger partial charge in [-0.1, -0.05) is 13.0 Å². The molecule has 2 N–H and O–H groups in total. The van der Waals surface area contributed by atoms with Crippen molar-refractivity contribution in [1.82, 2.24) is 0 Å². The number of hydrogen-bond acceptors (Lipinski definition) is 3. The van der Waals surface area contributed by atoms with Crippen LogP contribution in [0.2, 0.25) is 0 Å². The van der Waals surface area contributed by atoms with E-state index in [1.165, 1.54) is 16.0 Å². The molecular formula is C17H22O4S. The number of aliphatic carboxylic acids is 2. The molecular weight excluding hydrogens is 300 g/mol. The minimum atomic E-state index is -0.980. The average molecular weight is 322 g/mol. The maximum atomic E-state index is 11.0. The lowest BCUT2D eigenvalue weighted by Gasteiger charge is -2.11. The largest absolute Gasteiger partial charge is 0.481 e. The Morgan fingerprint density at radius 1 is 1.14 bits per heavy atom. The van der Waals surface area contributed by atoms with E-state index in [2.05, 4.69) is 39.0 Å². The van der Waals surface area contributed by atoms with E-state index in [9.17, 15) is 9.59 Å². The van der Waals surface area contributed by atoms with E-state index >= 15 is 0 Å². The summed E-state index contributed by atoms with van der Waals surface area (Å²) in [7, 11) is 0. The van der Waals surface area contributed by atoms with Gasteiger partial charge in [0.05, 0.1) is 11.8 Å². The van der Waals surface area contributed by atoms with E-state index in [1.807, 2.05) is 0 Å². The van der Waals surface area contributed by atoms with Gasteiger partial charge in [0.2, 0.25) is 0 Å². The summed E-state index contributed by atoms with van der Waals surface area (Å²) in [4.78, 5) is 23.3. The van der Waals surface area contributed by atoms with Gasteiger partial charge in [-0.3, -0.25) is 9.59 Å². The number of hydrogen-bond donors (Lipinski definition) is 2. The van der Waals surface area contributed by atoms with E-state index in [4.69, 9.17) is 10.2 Å². The Kier molecular flexibility index (Phi) is 5.16. The molecule has 2 rings (SSSR count). The monoisotopic (exact) mass is 322 g/mol. The fourth-order valence-corrected chi connectivity index (χ4v) is 3.95. The number of thioether (sulfide) groups is 1. The van der Waals surface area contributed by atoms with Crippen molar-refractivity contribution >= 4 is 23.7 Å². The predicted octanol–water partition coefficient (Wildman–Crippen LogP) is 3.45. The highest BCUT2D eigenvalue weighted by Gasteiger charge is 2.59. The first-order valence-electron chi connectivity index (χ1n) is 7.47. The molecule has 0 bridgehead atoms. The third-order valence-electron chi connectivity index (χ3n) is 4.43. The number of carbonyl (C=O) groups is 2. The lowest BCUT2D eigenvalue weighted by molar-refractivity contribution is -0.144. The van der Waals surface area contributed by atoms with Gasteiger partial charge in [-0.2, -0.15) is 0 Å². The summed E-state index contributed by atoms with van der Waals surface area (Å²) in [6.45, 7) is 6.23. The zero-order valence-corrected chi connectivity index (χ0v) is 13.9. The van der Waals surface area contributed by atoms with Gasteiger partial charge in [0, 0.05) is 10.6 Å². The maximum Gasteiger partial charge on any atom is 0.307 e. The summed E-state index contributed by atoms with van der Waals surface area (Å²) in [5, 5.41) is 18.1. The number of carboxylic acid groups (broad SMARTS) is 2. The normalized spacial score (nSPS) is 24.8. The Morgan fingerprint density at radius 3 is 2.23 bits per heavy atom. The highest BCUT2D eigenvalue weighted by Crippen LogP contribution is 2.50. The lowest BCUT2D eigenvalue weighted by Crippen LogP contribution is -2.05. The molecule has 5 heteroatoms. The van der Waals surface area contributed by atoms with Crippen LogP contribution < -0.4 is 0 Å². The first kappa shape index (κ1) is 16.9. The summed E-state index contributed by atoms with van der Waals surface area (Å²) < 4.78 is 0. The molecule has 1 fully saturated rings. The Hall–Kier alpha value is -1.49. The van der Waals surface area contributed by atoms with Gasteiger partial charge < -0.3 is 10.2 Å². The van der Waals surface area contributed by atoms with Crippen molar-refractivity contribution in [2.45, 2.75) is 32.1 Å². The fourth-order valence-electron chi connectivity index (χ4n) is 2.92. The highest BCUT2D eigenvalue weighted by atomic mass is 32.2. The molecule has 0 amide bonds. The molecule has 1 aromatic carbocycles. The summed E-state index contributed by atoms with van der Waals surface area (Å²) >= 11 is 1.75. The molecule has 120 valence electrons. The Bertz CT molecular complexity index is 564. The van der Waals surface area contributed by atoms with E-state index in [-0.39, 0.29) is 5.92 Å². The van der Waals surface area contributed by atoms with Crippen LogP contribution in [0.4, 0.5) is 0 Å². The average Bonchev–Trinajstić information content (AvgIpc) is 3.14. The summed E-state index contributed by atoms with van der Waals surface area (Å²) in [6.07, 6.45) is 0.659. The van der Waals surface area contributed by atoms with Crippen LogP contribution in [0.15, 0.2) is 23.1 Å². The van der Waals surface area contributed by atoms with Crippen LogP contribution in [-0.2, 0) is 9.59 Å². The number of aryl methyl sites for hydroxylation is 2. The lowest BCUT2D eigenvalue weighted by atomic mass is 10.0. The fraction of sp³-hybridized carbons (Fsp3) is 0.529. The molecule has 1 aliphatic rings. The standard InChI is InChI=1S/C17H22O4S/c1-9(6-13-14(16(18)19)15(13)17(20)21)8-22-12-5-4-10(2)11(3)7-12/h4-5,7,9,13-15H,6,8H2,1-3H3,(H,18,19)(H,20,21). The Morgan fingerprint density at radius 2 is 1.73 bits per heavy atom. The number of benzene rings is 1. The smallest absolute Gasteiger partial charge is 0.307 e. The molecule has 0 saturated heterocycles. The minimum absolute atomic E-state index is 0.217. The van der Waals surface area contributed by atoms with E-state index in [0.29, 0.717) is 12.3 Å². The van der Waals surface area contributed by atoms with Gasteiger partial charge in [-0.15, -0.1) is 11.8 Å². The zero-order valence-electron chi connectivity index (χ0n) is 13.1. The van der Waals surface area contributed by atoms with Gasteiger partial charge >= 0.3 is 11.9 Å². The first-order valence-corrected chi connectivity index (χ1v) is 8.45. The molecule has 0 radical (unpaired) electrons. The van der Waals surface area contributed by atoms with Crippen molar-refractivity contribution in [2.75, 3.05) is 5.75 Å². The molecule has 1 aliphatic carbocycles. The summed E-state index contributed by atoms with van der Waals surface area (Å²) in [5.74, 6) is -2.42. The molecule has 3 atom stereocenters. The van der Waals surface area contributed by atoms with E-state index in [0.717, 1.165) is 5.75 Å². The van der Waals surface area contributed by atoms with Crippen LogP contribution in [0.1, 0.15) is 24.5 Å². The summed E-state index contributed by atoms with van der Waals surface area (Å²) in [6, 6.07) is 6.35. The molecule has 1 saturated carbocycles. The molecule has 22 heavy (non-hydrogen) atoms. The van der Waals surface area contributed by atoms with Gasteiger partial charge in [-0.25, -0.2) is 0 Å². The number of rotatable bonds is 7. The van der Waals surface area contributed by atoms with Crippen molar-refractivity contribution in [2.24, 2.45) is 23.7 Å². The van der Waals surface area contributed by atoms with Crippen molar-refractivity contribution in [3.8, 4) is 0 Å². The Labute approximate surface area is 134 Å². The van der Waals surface area contributed by atoms with Gasteiger partial charge in [0.1, 0.15) is 0 Å². The molecule has 4 nitrogen and oxygen atoms in total. The third-order valence-corrected chi connectivity index (χ3v) is 5.75. The second kappa shape index (κ2) is 6.73. The van der Waals surface area contributed by atoms with Crippen molar-refractivity contribution in [1.29, 1.82) is 0 Å². The van der Waals surface area contributed by atoms with Crippen LogP contribution in [0.3, 0.4) is 0 Å². The molecule has 0 aromatic heterocycles. The van der Waals surface area contributed by atoms with Crippen LogP contribution in [0, 0.1) is 37.5 Å². The van der Waals surface area contributed by atoms with Gasteiger partial charge in [0.15, 0.2) is 0 Å². The van der Waals surface area contributed by atoms with Crippen molar-refractivity contribution in [3.05, 3.63) is 29.3 Å². The molecule has 0 heterocycles. The topological polar surface area (TPSA) is 74.6 Å². The molecule has 0 aliphatic heterocycles. The van der Waals surface area contributed by atoms with Crippen LogP contribution >= 0.6 is 11.8 Å². The van der Waals surface area contributed by atoms with Gasteiger partial charge in [-0.05, 0) is 55.4 Å². The van der Waals surface area contributed by atoms with Crippen molar-refractivity contribution < 1.29 is 19.8 Å². The second-order valence-corrected chi connectivity index (χ2v) is 7.38. The maximum absolute atomic E-state index is 11.0. The Balaban J connectivity index is 1.85. The predicted molar refractivity (Wildman–Crippen MR) is 86.2 cm³/mol.